The monoisotopic (exact) mass is 231 g/mol. The molecule has 0 bridgehead atoms. The Kier molecular flexibility index (Phi) is 3.04. The van der Waals surface area contributed by atoms with Gasteiger partial charge in [0.15, 0.2) is 0 Å². The van der Waals surface area contributed by atoms with Gasteiger partial charge in [-0.05, 0) is 6.07 Å². The number of rotatable bonds is 1. The molecule has 0 atom stereocenters. The fourth-order valence-electron chi connectivity index (χ4n) is 0.568. The second-order valence-electron chi connectivity index (χ2n) is 1.87. The highest BCUT2D eigenvalue weighted by Crippen LogP contribution is 2.14. The highest BCUT2D eigenvalue weighted by atomic mass is 79.9. The van der Waals surface area contributed by atoms with Gasteiger partial charge < -0.3 is 9.47 Å². The van der Waals surface area contributed by atoms with Crippen molar-refractivity contribution in [1.29, 1.82) is 0 Å². The van der Waals surface area contributed by atoms with Crippen LogP contribution in [0.5, 0.6) is 5.88 Å². The molecule has 12 heavy (non-hydrogen) atoms. The summed E-state index contributed by atoms with van der Waals surface area (Å²) in [6.07, 6.45) is 0.739. The minimum atomic E-state index is -0.777. The van der Waals surface area contributed by atoms with E-state index >= 15 is 0 Å². The van der Waals surface area contributed by atoms with E-state index in [1.807, 2.05) is 0 Å². The summed E-state index contributed by atoms with van der Waals surface area (Å²) >= 11 is 3.20. The summed E-state index contributed by atoms with van der Waals surface area (Å²) in [6, 6.07) is 3.29. The van der Waals surface area contributed by atoms with E-state index in [0.717, 1.165) is 4.47 Å². The van der Waals surface area contributed by atoms with Gasteiger partial charge in [-0.15, -0.1) is 0 Å². The first kappa shape index (κ1) is 8.99. The topological polar surface area (TPSA) is 48.4 Å². The minimum Gasteiger partial charge on any atom is -0.437 e. The van der Waals surface area contributed by atoms with Crippen molar-refractivity contribution in [3.8, 4) is 5.88 Å². The quantitative estimate of drug-likeness (QED) is 0.694. The van der Waals surface area contributed by atoms with Crippen LogP contribution in [-0.2, 0) is 4.74 Å². The van der Waals surface area contributed by atoms with Crippen molar-refractivity contribution in [2.45, 2.75) is 0 Å². The first-order chi connectivity index (χ1) is 5.72. The molecule has 0 spiro atoms. The van der Waals surface area contributed by atoms with Gasteiger partial charge in [0.25, 0.3) is 0 Å². The summed E-state index contributed by atoms with van der Waals surface area (Å²) in [5, 5.41) is 0. The molecular formula is C7H6BrNO3. The Morgan fingerprint density at radius 2 is 2.42 bits per heavy atom. The predicted molar refractivity (Wildman–Crippen MR) is 45.0 cm³/mol. The van der Waals surface area contributed by atoms with Gasteiger partial charge in [-0.3, -0.25) is 0 Å². The van der Waals surface area contributed by atoms with Crippen LogP contribution in [0.2, 0.25) is 0 Å². The van der Waals surface area contributed by atoms with Crippen molar-refractivity contribution in [2.75, 3.05) is 7.11 Å². The molecule has 0 aliphatic heterocycles. The van der Waals surface area contributed by atoms with Crippen molar-refractivity contribution in [3.63, 3.8) is 0 Å². The highest BCUT2D eigenvalue weighted by Gasteiger charge is 2.03. The Morgan fingerprint density at radius 1 is 1.67 bits per heavy atom. The molecule has 0 saturated carbocycles. The van der Waals surface area contributed by atoms with Gasteiger partial charge in [-0.25, -0.2) is 9.78 Å². The lowest BCUT2D eigenvalue weighted by atomic mass is 10.5. The average Bonchev–Trinajstić information content (AvgIpc) is 2.04. The van der Waals surface area contributed by atoms with E-state index in [4.69, 9.17) is 0 Å². The van der Waals surface area contributed by atoms with Crippen LogP contribution in [0.15, 0.2) is 22.8 Å². The molecule has 1 aromatic heterocycles. The molecule has 4 nitrogen and oxygen atoms in total. The molecule has 0 fully saturated rings. The lowest BCUT2D eigenvalue weighted by Gasteiger charge is -2.00. The maximum atomic E-state index is 10.6. The number of pyridine rings is 1. The molecule has 0 saturated heterocycles. The van der Waals surface area contributed by atoms with Crippen LogP contribution >= 0.6 is 15.9 Å². The van der Waals surface area contributed by atoms with Crippen LogP contribution in [-0.4, -0.2) is 18.2 Å². The van der Waals surface area contributed by atoms with Gasteiger partial charge in [0, 0.05) is 16.7 Å². The number of halogens is 1. The number of hydrogen-bond acceptors (Lipinski definition) is 4. The van der Waals surface area contributed by atoms with E-state index in [9.17, 15) is 4.79 Å². The average molecular weight is 232 g/mol. The third kappa shape index (κ3) is 2.50. The van der Waals surface area contributed by atoms with Crippen molar-refractivity contribution in [2.24, 2.45) is 0 Å². The zero-order valence-corrected chi connectivity index (χ0v) is 7.87. The highest BCUT2D eigenvalue weighted by molar-refractivity contribution is 9.10. The Balaban J connectivity index is 2.69. The Morgan fingerprint density at radius 3 is 3.00 bits per heavy atom. The molecule has 0 aromatic carbocycles. The number of carbonyl (C=O) groups is 1. The molecule has 0 aliphatic carbocycles. The zero-order chi connectivity index (χ0) is 8.97. The molecule has 1 heterocycles. The van der Waals surface area contributed by atoms with Crippen LogP contribution in [0.25, 0.3) is 0 Å². The fraction of sp³-hybridized carbons (Fsp3) is 0.143. The Labute approximate surface area is 77.6 Å². The van der Waals surface area contributed by atoms with Crippen LogP contribution in [0.1, 0.15) is 0 Å². The molecule has 0 aliphatic rings. The summed E-state index contributed by atoms with van der Waals surface area (Å²) in [4.78, 5) is 14.4. The van der Waals surface area contributed by atoms with Gasteiger partial charge in [0.2, 0.25) is 5.88 Å². The maximum Gasteiger partial charge on any atom is 0.514 e. The lowest BCUT2D eigenvalue weighted by molar-refractivity contribution is 0.119. The van der Waals surface area contributed by atoms with Crippen molar-refractivity contribution < 1.29 is 14.3 Å². The zero-order valence-electron chi connectivity index (χ0n) is 6.28. The van der Waals surface area contributed by atoms with Crippen LogP contribution in [0, 0.1) is 0 Å². The SMILES string of the molecule is COC(=O)Oc1cc(Br)ccn1. The van der Waals surface area contributed by atoms with Crippen molar-refractivity contribution in [3.05, 3.63) is 22.8 Å². The smallest absolute Gasteiger partial charge is 0.437 e. The normalized spacial score (nSPS) is 9.17. The first-order valence-corrected chi connectivity index (χ1v) is 3.89. The van der Waals surface area contributed by atoms with Gasteiger partial charge in [-0.1, -0.05) is 15.9 Å². The van der Waals surface area contributed by atoms with Crippen LogP contribution in [0.4, 0.5) is 4.79 Å². The Hall–Kier alpha value is -1.10. The van der Waals surface area contributed by atoms with E-state index in [2.05, 4.69) is 30.4 Å². The van der Waals surface area contributed by atoms with Gasteiger partial charge in [-0.2, -0.15) is 0 Å². The minimum absolute atomic E-state index is 0.205. The van der Waals surface area contributed by atoms with E-state index in [0.29, 0.717) is 0 Å². The summed E-state index contributed by atoms with van der Waals surface area (Å²) in [6.45, 7) is 0. The van der Waals surface area contributed by atoms with Gasteiger partial charge in [0.05, 0.1) is 7.11 Å². The van der Waals surface area contributed by atoms with Crippen molar-refractivity contribution >= 4 is 22.1 Å². The van der Waals surface area contributed by atoms with Gasteiger partial charge in [0.1, 0.15) is 0 Å². The number of nitrogens with zero attached hydrogens (tertiary/aromatic N) is 1. The third-order valence-electron chi connectivity index (χ3n) is 1.05. The fourth-order valence-corrected chi connectivity index (χ4v) is 0.882. The number of carbonyl (C=O) groups excluding carboxylic acids is 1. The number of methoxy groups -OCH3 is 1. The van der Waals surface area contributed by atoms with E-state index < -0.39 is 6.16 Å². The lowest BCUT2D eigenvalue weighted by Crippen LogP contribution is -2.08. The van der Waals surface area contributed by atoms with E-state index in [1.54, 1.807) is 12.1 Å². The number of aromatic nitrogens is 1. The predicted octanol–water partition coefficient (Wildman–Crippen LogP) is 1.99. The molecule has 5 heteroatoms. The summed E-state index contributed by atoms with van der Waals surface area (Å²) < 4.78 is 9.71. The molecule has 1 rings (SSSR count). The molecule has 0 radical (unpaired) electrons. The summed E-state index contributed by atoms with van der Waals surface area (Å²) in [5.41, 5.74) is 0. The van der Waals surface area contributed by atoms with E-state index in [-0.39, 0.29) is 5.88 Å². The third-order valence-corrected chi connectivity index (χ3v) is 1.54. The van der Waals surface area contributed by atoms with Crippen molar-refractivity contribution in [1.82, 2.24) is 4.98 Å². The Bertz CT molecular complexity index is 290. The molecule has 0 amide bonds. The van der Waals surface area contributed by atoms with Gasteiger partial charge >= 0.3 is 6.16 Å². The van der Waals surface area contributed by atoms with Crippen LogP contribution in [0.3, 0.4) is 0 Å². The van der Waals surface area contributed by atoms with Crippen LogP contribution < -0.4 is 4.74 Å². The second-order valence-corrected chi connectivity index (χ2v) is 2.78. The second kappa shape index (κ2) is 4.06. The molecule has 1 aromatic rings. The molecule has 0 unspecified atom stereocenters. The standard InChI is InChI=1S/C7H6BrNO3/c1-11-7(10)12-6-4-5(8)2-3-9-6/h2-4H,1H3. The summed E-state index contributed by atoms with van der Waals surface area (Å²) in [5.74, 6) is 0.205. The molecule has 0 N–H and O–H groups in total. The number of hydrogen-bond donors (Lipinski definition) is 0. The number of ether oxygens (including phenoxy) is 2. The van der Waals surface area contributed by atoms with E-state index in [1.165, 1.54) is 13.3 Å². The molecule has 64 valence electrons. The largest absolute Gasteiger partial charge is 0.514 e. The first-order valence-electron chi connectivity index (χ1n) is 3.09. The molecular weight excluding hydrogens is 226 g/mol. The maximum absolute atomic E-state index is 10.6. The summed E-state index contributed by atoms with van der Waals surface area (Å²) in [7, 11) is 1.24.